The summed E-state index contributed by atoms with van der Waals surface area (Å²) in [5.41, 5.74) is 5.08. The first-order chi connectivity index (χ1) is 13.7. The van der Waals surface area contributed by atoms with Crippen molar-refractivity contribution in [1.29, 1.82) is 0 Å². The predicted molar refractivity (Wildman–Crippen MR) is 106 cm³/mol. The number of nitrogens with one attached hydrogen (secondary N) is 1. The molecule has 0 radical (unpaired) electrons. The number of esters is 1. The van der Waals surface area contributed by atoms with Crippen LogP contribution in [0.25, 0.3) is 0 Å². The van der Waals surface area contributed by atoms with Crippen molar-refractivity contribution in [3.05, 3.63) is 29.8 Å². The van der Waals surface area contributed by atoms with E-state index >= 15 is 0 Å². The van der Waals surface area contributed by atoms with E-state index in [9.17, 15) is 18.0 Å². The number of nitrogens with two attached hydrogens (primary N) is 1. The molecule has 1 atom stereocenters. The van der Waals surface area contributed by atoms with Crippen molar-refractivity contribution in [2.45, 2.75) is 56.4 Å². The molecule has 8 heteroatoms. The summed E-state index contributed by atoms with van der Waals surface area (Å²) < 4.78 is 33.7. The Hall–Kier alpha value is -1.93. The molecule has 0 unspecified atom stereocenters. The quantitative estimate of drug-likeness (QED) is 0.656. The summed E-state index contributed by atoms with van der Waals surface area (Å²) in [4.78, 5) is 22.8. The number of carbonyl (C=O) groups is 2. The first-order valence-corrected chi connectivity index (χ1v) is 11.7. The van der Waals surface area contributed by atoms with Gasteiger partial charge in [-0.25, -0.2) is 17.9 Å². The summed E-state index contributed by atoms with van der Waals surface area (Å²) in [6.07, 6.45) is 7.20. The van der Waals surface area contributed by atoms with E-state index in [1.807, 2.05) is 6.92 Å². The number of hydrogen-bond acceptors (Lipinski definition) is 5. The number of rotatable bonds is 7. The van der Waals surface area contributed by atoms with Crippen LogP contribution >= 0.6 is 0 Å². The van der Waals surface area contributed by atoms with Gasteiger partial charge < -0.3 is 10.5 Å². The summed E-state index contributed by atoms with van der Waals surface area (Å²) >= 11 is 0. The first kappa shape index (κ1) is 20.3. The lowest BCUT2D eigenvalue weighted by molar-refractivity contribution is -0.121. The van der Waals surface area contributed by atoms with Gasteiger partial charge in [-0.1, -0.05) is 6.07 Å². The molecule has 3 N–H and O–H groups in total. The first-order valence-electron chi connectivity index (χ1n) is 10.2. The molecule has 0 spiro atoms. The average Bonchev–Trinajstić information content (AvgIpc) is 2.64. The van der Waals surface area contributed by atoms with Gasteiger partial charge >= 0.3 is 5.97 Å². The predicted octanol–water partition coefficient (Wildman–Crippen LogP) is 2.21. The second kappa shape index (κ2) is 7.40. The zero-order valence-corrected chi connectivity index (χ0v) is 17.4. The molecular weight excluding hydrogens is 392 g/mol. The van der Waals surface area contributed by atoms with E-state index in [-0.39, 0.29) is 21.9 Å². The van der Waals surface area contributed by atoms with Crippen LogP contribution in [-0.2, 0) is 19.6 Å². The highest BCUT2D eigenvalue weighted by Gasteiger charge is 2.53. The maximum absolute atomic E-state index is 13.0. The van der Waals surface area contributed by atoms with Crippen LogP contribution in [0.5, 0.6) is 0 Å². The molecule has 0 aromatic heterocycles. The Labute approximate surface area is 171 Å². The average molecular weight is 421 g/mol. The smallest absolute Gasteiger partial charge is 0.338 e. The number of benzene rings is 1. The van der Waals surface area contributed by atoms with Crippen molar-refractivity contribution in [2.75, 3.05) is 6.61 Å². The normalized spacial score (nSPS) is 31.4. The zero-order chi connectivity index (χ0) is 20.8. The SMILES string of the molecule is C[C@H](NS(=O)(=O)c1cccc(C(=O)OCC(N)=O)c1)C12CC3CC(CC(C3)C1)C2. The van der Waals surface area contributed by atoms with Crippen molar-refractivity contribution in [3.8, 4) is 0 Å². The second-order valence-corrected chi connectivity index (χ2v) is 10.9. The molecule has 5 rings (SSSR count). The van der Waals surface area contributed by atoms with Crippen LogP contribution in [-0.4, -0.2) is 32.9 Å². The van der Waals surface area contributed by atoms with Gasteiger partial charge in [-0.15, -0.1) is 0 Å². The molecule has 0 aliphatic heterocycles. The number of sulfonamides is 1. The Balaban J connectivity index is 1.50. The monoisotopic (exact) mass is 420 g/mol. The molecule has 4 fully saturated rings. The van der Waals surface area contributed by atoms with E-state index < -0.39 is 28.5 Å². The molecule has 0 saturated heterocycles. The molecule has 1 amide bonds. The topological polar surface area (TPSA) is 116 Å². The Kier molecular flexibility index (Phi) is 5.19. The Morgan fingerprint density at radius 3 is 2.31 bits per heavy atom. The third kappa shape index (κ3) is 4.05. The van der Waals surface area contributed by atoms with Crippen LogP contribution in [0, 0.1) is 23.2 Å². The number of hydrogen-bond donors (Lipinski definition) is 2. The summed E-state index contributed by atoms with van der Waals surface area (Å²) in [7, 11) is -3.79. The van der Waals surface area contributed by atoms with Gasteiger partial charge in [0.15, 0.2) is 6.61 Å². The summed E-state index contributed by atoms with van der Waals surface area (Å²) in [6.45, 7) is 1.44. The minimum atomic E-state index is -3.79. The van der Waals surface area contributed by atoms with Crippen molar-refractivity contribution >= 4 is 21.9 Å². The fourth-order valence-electron chi connectivity index (χ4n) is 6.14. The lowest BCUT2D eigenvalue weighted by Crippen LogP contribution is -2.55. The molecule has 4 aliphatic rings. The highest BCUT2D eigenvalue weighted by Crippen LogP contribution is 2.61. The largest absolute Gasteiger partial charge is 0.452 e. The minimum Gasteiger partial charge on any atom is -0.452 e. The molecular formula is C21H28N2O5S. The molecule has 4 saturated carbocycles. The maximum Gasteiger partial charge on any atom is 0.338 e. The standard InChI is InChI=1S/C21H28N2O5S/c1-13(21-9-14-5-15(10-21)7-16(6-14)11-21)23-29(26,27)18-4-2-3-17(8-18)20(25)28-12-19(22)24/h2-4,8,13-16,23H,5-7,9-12H2,1H3,(H2,22,24)/t13-,14?,15?,16?,21?/m0/s1. The molecule has 29 heavy (non-hydrogen) atoms. The van der Waals surface area contributed by atoms with Gasteiger partial charge in [-0.05, 0) is 86.8 Å². The van der Waals surface area contributed by atoms with Gasteiger partial charge in [0.25, 0.3) is 5.91 Å². The number of amides is 1. The van der Waals surface area contributed by atoms with E-state index in [4.69, 9.17) is 10.5 Å². The van der Waals surface area contributed by atoms with Crippen molar-refractivity contribution in [3.63, 3.8) is 0 Å². The molecule has 7 nitrogen and oxygen atoms in total. The summed E-state index contributed by atoms with van der Waals surface area (Å²) in [5.74, 6) is 0.646. The highest BCUT2D eigenvalue weighted by atomic mass is 32.2. The lowest BCUT2D eigenvalue weighted by Gasteiger charge is -2.59. The fraction of sp³-hybridized carbons (Fsp3) is 0.619. The van der Waals surface area contributed by atoms with Crippen molar-refractivity contribution in [1.82, 2.24) is 4.72 Å². The van der Waals surface area contributed by atoms with Crippen LogP contribution in [0.4, 0.5) is 0 Å². The van der Waals surface area contributed by atoms with E-state index in [0.29, 0.717) is 0 Å². The van der Waals surface area contributed by atoms with Crippen LogP contribution in [0.2, 0.25) is 0 Å². The third-order valence-electron chi connectivity index (χ3n) is 7.06. The second-order valence-electron chi connectivity index (χ2n) is 9.19. The van der Waals surface area contributed by atoms with E-state index in [1.165, 1.54) is 43.5 Å². The molecule has 1 aromatic carbocycles. The van der Waals surface area contributed by atoms with Gasteiger partial charge in [0.1, 0.15) is 0 Å². The lowest BCUT2D eigenvalue weighted by atomic mass is 9.48. The minimum absolute atomic E-state index is 0.0163. The summed E-state index contributed by atoms with van der Waals surface area (Å²) in [5, 5.41) is 0. The Bertz CT molecular complexity index is 891. The fourth-order valence-corrected chi connectivity index (χ4v) is 7.54. The van der Waals surface area contributed by atoms with Crippen molar-refractivity contribution < 1.29 is 22.7 Å². The van der Waals surface area contributed by atoms with Crippen LogP contribution in [0.15, 0.2) is 29.2 Å². The summed E-state index contributed by atoms with van der Waals surface area (Å²) in [6, 6.07) is 5.51. The Morgan fingerprint density at radius 1 is 1.17 bits per heavy atom. The van der Waals surface area contributed by atoms with Gasteiger partial charge in [0, 0.05) is 6.04 Å². The molecule has 4 bridgehead atoms. The Morgan fingerprint density at radius 2 is 1.76 bits per heavy atom. The molecule has 4 aliphatic carbocycles. The van der Waals surface area contributed by atoms with E-state index in [2.05, 4.69) is 4.72 Å². The van der Waals surface area contributed by atoms with Gasteiger partial charge in [0.2, 0.25) is 10.0 Å². The van der Waals surface area contributed by atoms with Crippen LogP contribution in [0.3, 0.4) is 0 Å². The van der Waals surface area contributed by atoms with E-state index in [1.54, 1.807) is 0 Å². The van der Waals surface area contributed by atoms with E-state index in [0.717, 1.165) is 37.0 Å². The third-order valence-corrected chi connectivity index (χ3v) is 8.60. The maximum atomic E-state index is 13.0. The zero-order valence-electron chi connectivity index (χ0n) is 16.6. The molecule has 158 valence electrons. The molecule has 1 aromatic rings. The van der Waals surface area contributed by atoms with Crippen molar-refractivity contribution in [2.24, 2.45) is 28.9 Å². The van der Waals surface area contributed by atoms with Crippen LogP contribution in [0.1, 0.15) is 55.8 Å². The van der Waals surface area contributed by atoms with Crippen LogP contribution < -0.4 is 10.5 Å². The number of ether oxygens (including phenoxy) is 1. The number of primary amides is 1. The van der Waals surface area contributed by atoms with Gasteiger partial charge in [-0.2, -0.15) is 0 Å². The van der Waals surface area contributed by atoms with Gasteiger partial charge in [0.05, 0.1) is 10.5 Å². The van der Waals surface area contributed by atoms with Gasteiger partial charge in [-0.3, -0.25) is 4.79 Å². The highest BCUT2D eigenvalue weighted by molar-refractivity contribution is 7.89. The number of carbonyl (C=O) groups excluding carboxylic acids is 2. The molecule has 0 heterocycles.